The molecule has 0 radical (unpaired) electrons. The number of rotatable bonds is 3. The lowest BCUT2D eigenvalue weighted by Crippen LogP contribution is -2.12. The first kappa shape index (κ1) is 15.1. The van der Waals surface area contributed by atoms with Gasteiger partial charge in [0.25, 0.3) is 0 Å². The van der Waals surface area contributed by atoms with E-state index in [1.54, 1.807) is 12.3 Å². The highest BCUT2D eigenvalue weighted by molar-refractivity contribution is 5.86. The Bertz CT molecular complexity index is 855. The molecule has 1 aromatic carbocycles. The number of aromatic nitrogens is 4. The molecule has 3 aromatic rings. The second-order valence-electron chi connectivity index (χ2n) is 4.90. The van der Waals surface area contributed by atoms with Crippen LogP contribution in [0.25, 0.3) is 10.9 Å². The average molecular weight is 322 g/mol. The van der Waals surface area contributed by atoms with Crippen LogP contribution in [0, 0.1) is 6.92 Å². The Labute approximate surface area is 129 Å². The van der Waals surface area contributed by atoms with Crippen LogP contribution in [0.5, 0.6) is 0 Å². The van der Waals surface area contributed by atoms with Gasteiger partial charge < -0.3 is 10.6 Å². The number of nitrogens with one attached hydrogen (secondary N) is 3. The number of hydrogen-bond donors (Lipinski definition) is 3. The molecule has 3 N–H and O–H groups in total. The summed E-state index contributed by atoms with van der Waals surface area (Å²) < 4.78 is 38.5. The van der Waals surface area contributed by atoms with E-state index in [4.69, 9.17) is 0 Å². The fraction of sp³-hybridized carbons (Fsp3) is 0.214. The zero-order valence-corrected chi connectivity index (χ0v) is 12.3. The van der Waals surface area contributed by atoms with E-state index in [0.29, 0.717) is 5.69 Å². The molecule has 0 spiro atoms. The molecule has 120 valence electrons. The first-order valence-corrected chi connectivity index (χ1v) is 6.72. The van der Waals surface area contributed by atoms with Crippen LogP contribution >= 0.6 is 0 Å². The predicted molar refractivity (Wildman–Crippen MR) is 80.7 cm³/mol. The van der Waals surface area contributed by atoms with Gasteiger partial charge in [0, 0.05) is 24.3 Å². The van der Waals surface area contributed by atoms with Crippen LogP contribution in [0.4, 0.5) is 30.6 Å². The van der Waals surface area contributed by atoms with Gasteiger partial charge in [-0.3, -0.25) is 5.10 Å². The Morgan fingerprint density at radius 3 is 2.65 bits per heavy atom. The third-order valence-corrected chi connectivity index (χ3v) is 3.45. The van der Waals surface area contributed by atoms with Crippen molar-refractivity contribution in [1.29, 1.82) is 0 Å². The van der Waals surface area contributed by atoms with Crippen LogP contribution in [0.15, 0.2) is 24.5 Å². The van der Waals surface area contributed by atoms with Crippen LogP contribution in [0.1, 0.15) is 11.1 Å². The van der Waals surface area contributed by atoms with Crippen molar-refractivity contribution in [1.82, 2.24) is 20.2 Å². The molecule has 3 rings (SSSR count). The van der Waals surface area contributed by atoms with E-state index in [0.717, 1.165) is 22.7 Å². The number of fused-ring (bicyclic) bond motifs is 1. The predicted octanol–water partition coefficient (Wildman–Crippen LogP) is 3.47. The molecule has 0 atom stereocenters. The molecule has 6 nitrogen and oxygen atoms in total. The average Bonchev–Trinajstić information content (AvgIpc) is 2.98. The van der Waals surface area contributed by atoms with Crippen LogP contribution in [-0.2, 0) is 6.18 Å². The van der Waals surface area contributed by atoms with E-state index in [1.165, 1.54) is 7.05 Å². The van der Waals surface area contributed by atoms with Gasteiger partial charge >= 0.3 is 6.18 Å². The molecule has 0 amide bonds. The first-order chi connectivity index (χ1) is 10.9. The standard InChI is InChI=1S/C14H13F3N6/c1-7-10(4-3-8-5-20-23-11(7)8)21-13-19-6-9(14(15,16)17)12(18-2)22-13/h3-6H,1-2H3,(H,20,23)(H2,18,19,21,22). The molecule has 0 unspecified atom stereocenters. The molecule has 0 bridgehead atoms. The number of benzene rings is 1. The maximum atomic E-state index is 12.8. The third kappa shape index (κ3) is 2.77. The summed E-state index contributed by atoms with van der Waals surface area (Å²) in [6.07, 6.45) is -2.06. The maximum Gasteiger partial charge on any atom is 0.421 e. The Morgan fingerprint density at radius 2 is 1.96 bits per heavy atom. The topological polar surface area (TPSA) is 78.5 Å². The van der Waals surface area contributed by atoms with Gasteiger partial charge in [0.2, 0.25) is 5.95 Å². The van der Waals surface area contributed by atoms with Crippen molar-refractivity contribution in [3.63, 3.8) is 0 Å². The summed E-state index contributed by atoms with van der Waals surface area (Å²) >= 11 is 0. The van der Waals surface area contributed by atoms with E-state index in [1.807, 2.05) is 13.0 Å². The summed E-state index contributed by atoms with van der Waals surface area (Å²) in [4.78, 5) is 7.63. The lowest BCUT2D eigenvalue weighted by molar-refractivity contribution is -0.137. The minimum absolute atomic E-state index is 0.0734. The minimum atomic E-state index is -4.51. The van der Waals surface area contributed by atoms with Crippen molar-refractivity contribution < 1.29 is 13.2 Å². The smallest absolute Gasteiger partial charge is 0.372 e. The van der Waals surface area contributed by atoms with Crippen molar-refractivity contribution in [2.75, 3.05) is 17.7 Å². The number of halogens is 3. The number of anilines is 3. The highest BCUT2D eigenvalue weighted by Gasteiger charge is 2.35. The zero-order chi connectivity index (χ0) is 16.6. The third-order valence-electron chi connectivity index (χ3n) is 3.45. The van der Waals surface area contributed by atoms with E-state index >= 15 is 0 Å². The molecule has 0 aliphatic rings. The highest BCUT2D eigenvalue weighted by atomic mass is 19.4. The number of H-pyrrole nitrogens is 1. The van der Waals surface area contributed by atoms with Crippen LogP contribution in [0.3, 0.4) is 0 Å². The summed E-state index contributed by atoms with van der Waals surface area (Å²) in [7, 11) is 1.38. The van der Waals surface area contributed by atoms with Crippen LogP contribution in [0.2, 0.25) is 0 Å². The van der Waals surface area contributed by atoms with Crippen molar-refractivity contribution >= 4 is 28.4 Å². The molecule has 0 fully saturated rings. The SMILES string of the molecule is CNc1nc(Nc2ccc3cn[nH]c3c2C)ncc1C(F)(F)F. The van der Waals surface area contributed by atoms with E-state index < -0.39 is 11.7 Å². The van der Waals surface area contributed by atoms with Gasteiger partial charge in [-0.2, -0.15) is 23.3 Å². The van der Waals surface area contributed by atoms with E-state index in [-0.39, 0.29) is 11.8 Å². The maximum absolute atomic E-state index is 12.8. The van der Waals surface area contributed by atoms with Crippen molar-refractivity contribution in [3.05, 3.63) is 35.7 Å². The van der Waals surface area contributed by atoms with Crippen LogP contribution in [-0.4, -0.2) is 27.2 Å². The van der Waals surface area contributed by atoms with Gasteiger partial charge in [0.1, 0.15) is 11.4 Å². The number of hydrogen-bond acceptors (Lipinski definition) is 5. The molecule has 23 heavy (non-hydrogen) atoms. The number of nitrogens with zero attached hydrogens (tertiary/aromatic N) is 3. The van der Waals surface area contributed by atoms with Crippen molar-refractivity contribution in [2.24, 2.45) is 0 Å². The van der Waals surface area contributed by atoms with E-state index in [9.17, 15) is 13.2 Å². The number of alkyl halides is 3. The summed E-state index contributed by atoms with van der Waals surface area (Å²) in [6.45, 7) is 1.87. The Balaban J connectivity index is 1.97. The van der Waals surface area contributed by atoms with Crippen molar-refractivity contribution in [2.45, 2.75) is 13.1 Å². The summed E-state index contributed by atoms with van der Waals surface area (Å²) in [5.74, 6) is -0.209. The first-order valence-electron chi connectivity index (χ1n) is 6.72. The molecule has 2 heterocycles. The highest BCUT2D eigenvalue weighted by Crippen LogP contribution is 2.34. The lowest BCUT2D eigenvalue weighted by atomic mass is 10.1. The number of aromatic amines is 1. The second kappa shape index (κ2) is 5.41. The Hall–Kier alpha value is -2.84. The molecule has 0 aliphatic heterocycles. The molecule has 0 saturated carbocycles. The Morgan fingerprint density at radius 1 is 1.17 bits per heavy atom. The molecule has 0 saturated heterocycles. The molecular weight excluding hydrogens is 309 g/mol. The van der Waals surface area contributed by atoms with Gasteiger partial charge in [0.15, 0.2) is 0 Å². The van der Waals surface area contributed by atoms with Gasteiger partial charge in [-0.1, -0.05) is 0 Å². The summed E-state index contributed by atoms with van der Waals surface area (Å²) in [5, 5.41) is 13.1. The fourth-order valence-electron chi connectivity index (χ4n) is 2.25. The number of aryl methyl sites for hydroxylation is 1. The second-order valence-corrected chi connectivity index (χ2v) is 4.90. The molecule has 2 aromatic heterocycles. The normalized spacial score (nSPS) is 11.7. The molecule has 9 heteroatoms. The molecule has 0 aliphatic carbocycles. The summed E-state index contributed by atoms with van der Waals surface area (Å²) in [6, 6.07) is 3.64. The quantitative estimate of drug-likeness (QED) is 0.688. The zero-order valence-electron chi connectivity index (χ0n) is 12.3. The largest absolute Gasteiger partial charge is 0.421 e. The summed E-state index contributed by atoms with van der Waals surface area (Å²) in [5.41, 5.74) is 1.49. The van der Waals surface area contributed by atoms with Crippen molar-refractivity contribution in [3.8, 4) is 0 Å². The lowest BCUT2D eigenvalue weighted by Gasteiger charge is -2.13. The van der Waals surface area contributed by atoms with Gasteiger partial charge in [-0.25, -0.2) is 4.98 Å². The monoisotopic (exact) mass is 322 g/mol. The van der Waals surface area contributed by atoms with Gasteiger partial charge in [0.05, 0.1) is 11.7 Å². The molecular formula is C14H13F3N6. The van der Waals surface area contributed by atoms with Crippen LogP contribution < -0.4 is 10.6 Å². The van der Waals surface area contributed by atoms with Gasteiger partial charge in [-0.05, 0) is 24.6 Å². The fourth-order valence-corrected chi connectivity index (χ4v) is 2.25. The minimum Gasteiger partial charge on any atom is -0.372 e. The van der Waals surface area contributed by atoms with E-state index in [2.05, 4.69) is 30.8 Å². The Kier molecular flexibility index (Phi) is 3.55. The van der Waals surface area contributed by atoms with Gasteiger partial charge in [-0.15, -0.1) is 0 Å².